The maximum absolute atomic E-state index is 5.32. The van der Waals surface area contributed by atoms with E-state index in [2.05, 4.69) is 19.1 Å². The summed E-state index contributed by atoms with van der Waals surface area (Å²) in [5.41, 5.74) is 1.35. The van der Waals surface area contributed by atoms with Gasteiger partial charge in [-0.05, 0) is 12.0 Å². The third-order valence-corrected chi connectivity index (χ3v) is 1.51. The van der Waals surface area contributed by atoms with Crippen LogP contribution in [0.5, 0.6) is 0 Å². The van der Waals surface area contributed by atoms with E-state index in [0.717, 1.165) is 17.9 Å². The Morgan fingerprint density at radius 3 is 2.10 bits per heavy atom. The molecule has 0 aromatic carbocycles. The van der Waals surface area contributed by atoms with Crippen LogP contribution < -0.4 is 0 Å². The molecule has 1 heteroatoms. The smallest absolute Gasteiger partial charge is 0.218 e. The van der Waals surface area contributed by atoms with Crippen LogP contribution in [0.4, 0.5) is 0 Å². The van der Waals surface area contributed by atoms with Crippen LogP contribution in [0.25, 0.3) is 0 Å². The molecule has 0 amide bonds. The summed E-state index contributed by atoms with van der Waals surface area (Å²) in [6, 6.07) is 4.15. The van der Waals surface area contributed by atoms with Crippen LogP contribution >= 0.6 is 0 Å². The highest BCUT2D eigenvalue weighted by Gasteiger charge is 2.05. The van der Waals surface area contributed by atoms with Gasteiger partial charge < -0.3 is 0 Å². The second kappa shape index (κ2) is 2.82. The molecular formula is C9H13O+. The Hall–Kier alpha value is -0.850. The van der Waals surface area contributed by atoms with Crippen LogP contribution in [0.3, 0.4) is 0 Å². The second-order valence-electron chi connectivity index (χ2n) is 2.54. The molecule has 0 spiro atoms. The third kappa shape index (κ3) is 1.56. The van der Waals surface area contributed by atoms with Gasteiger partial charge in [0.2, 0.25) is 0 Å². The SMILES string of the molecule is CCc1cc(C)[o+]c(C)c1. The Labute approximate surface area is 61.7 Å². The zero-order valence-electron chi connectivity index (χ0n) is 6.77. The van der Waals surface area contributed by atoms with E-state index in [-0.39, 0.29) is 0 Å². The lowest BCUT2D eigenvalue weighted by Gasteiger charge is -1.89. The van der Waals surface area contributed by atoms with Gasteiger partial charge in [-0.2, -0.15) is 0 Å². The number of hydrogen-bond acceptors (Lipinski definition) is 0. The van der Waals surface area contributed by atoms with Crippen molar-refractivity contribution in [2.45, 2.75) is 27.2 Å². The lowest BCUT2D eigenvalue weighted by Crippen LogP contribution is -1.83. The summed E-state index contributed by atoms with van der Waals surface area (Å²) < 4.78 is 5.32. The van der Waals surface area contributed by atoms with Crippen LogP contribution in [0, 0.1) is 13.8 Å². The van der Waals surface area contributed by atoms with Crippen molar-refractivity contribution in [3.8, 4) is 0 Å². The van der Waals surface area contributed by atoms with Gasteiger partial charge in [-0.1, -0.05) is 6.92 Å². The number of aryl methyl sites for hydroxylation is 3. The molecule has 1 heterocycles. The topological polar surface area (TPSA) is 11.3 Å². The molecule has 0 saturated heterocycles. The summed E-state index contributed by atoms with van der Waals surface area (Å²) in [4.78, 5) is 0. The van der Waals surface area contributed by atoms with Crippen molar-refractivity contribution in [3.63, 3.8) is 0 Å². The van der Waals surface area contributed by atoms with E-state index in [1.807, 2.05) is 13.8 Å². The number of rotatable bonds is 1. The van der Waals surface area contributed by atoms with Gasteiger partial charge >= 0.3 is 11.5 Å². The van der Waals surface area contributed by atoms with E-state index in [1.54, 1.807) is 0 Å². The molecule has 0 unspecified atom stereocenters. The molecule has 0 radical (unpaired) electrons. The average Bonchev–Trinajstić information content (AvgIpc) is 1.85. The minimum atomic E-state index is 0.997. The molecule has 0 bridgehead atoms. The van der Waals surface area contributed by atoms with Crippen LogP contribution in [-0.4, -0.2) is 0 Å². The van der Waals surface area contributed by atoms with Gasteiger partial charge in [-0.3, -0.25) is 0 Å². The molecule has 1 aromatic heterocycles. The molecule has 0 saturated carbocycles. The van der Waals surface area contributed by atoms with Crippen molar-refractivity contribution in [1.82, 2.24) is 0 Å². The molecule has 0 atom stereocenters. The van der Waals surface area contributed by atoms with E-state index >= 15 is 0 Å². The highest BCUT2D eigenvalue weighted by molar-refractivity contribution is 5.16. The summed E-state index contributed by atoms with van der Waals surface area (Å²) in [6.45, 7) is 6.10. The Kier molecular flexibility index (Phi) is 2.05. The molecule has 0 aliphatic rings. The second-order valence-corrected chi connectivity index (χ2v) is 2.54. The minimum absolute atomic E-state index is 0.997. The van der Waals surface area contributed by atoms with Gasteiger partial charge in [-0.25, -0.2) is 4.42 Å². The van der Waals surface area contributed by atoms with Crippen LogP contribution in [-0.2, 0) is 6.42 Å². The molecule has 0 aliphatic carbocycles. The Morgan fingerprint density at radius 2 is 1.70 bits per heavy atom. The van der Waals surface area contributed by atoms with Gasteiger partial charge in [0.05, 0.1) is 13.8 Å². The normalized spacial score (nSPS) is 9.90. The van der Waals surface area contributed by atoms with E-state index in [1.165, 1.54) is 5.56 Å². The van der Waals surface area contributed by atoms with Crippen LogP contribution in [0.15, 0.2) is 16.5 Å². The fraction of sp³-hybridized carbons (Fsp3) is 0.444. The van der Waals surface area contributed by atoms with Gasteiger partial charge in [-0.15, -0.1) is 0 Å². The summed E-state index contributed by atoms with van der Waals surface area (Å²) in [5.74, 6) is 1.99. The van der Waals surface area contributed by atoms with Crippen LogP contribution in [0.1, 0.15) is 24.0 Å². The maximum Gasteiger partial charge on any atom is 0.326 e. The Bertz CT molecular complexity index is 208. The zero-order chi connectivity index (χ0) is 7.56. The van der Waals surface area contributed by atoms with E-state index in [0.29, 0.717) is 0 Å². The summed E-state index contributed by atoms with van der Waals surface area (Å²) in [5, 5.41) is 0. The summed E-state index contributed by atoms with van der Waals surface area (Å²) in [7, 11) is 0. The van der Waals surface area contributed by atoms with Crippen molar-refractivity contribution >= 4 is 0 Å². The molecule has 1 aromatic rings. The fourth-order valence-corrected chi connectivity index (χ4v) is 1.08. The highest BCUT2D eigenvalue weighted by Crippen LogP contribution is 2.08. The molecule has 54 valence electrons. The quantitative estimate of drug-likeness (QED) is 0.542. The van der Waals surface area contributed by atoms with E-state index < -0.39 is 0 Å². The van der Waals surface area contributed by atoms with Crippen molar-refractivity contribution in [2.75, 3.05) is 0 Å². The first-order chi connectivity index (χ1) is 4.72. The average molecular weight is 137 g/mol. The van der Waals surface area contributed by atoms with Gasteiger partial charge in [0.1, 0.15) is 0 Å². The van der Waals surface area contributed by atoms with Crippen molar-refractivity contribution in [1.29, 1.82) is 0 Å². The summed E-state index contributed by atoms with van der Waals surface area (Å²) >= 11 is 0. The molecule has 1 rings (SSSR count). The predicted octanol–water partition coefficient (Wildman–Crippen LogP) is 2.74. The van der Waals surface area contributed by atoms with Gasteiger partial charge in [0.15, 0.2) is 0 Å². The predicted molar refractivity (Wildman–Crippen MR) is 42.0 cm³/mol. The third-order valence-electron chi connectivity index (χ3n) is 1.51. The minimum Gasteiger partial charge on any atom is -0.218 e. The van der Waals surface area contributed by atoms with Crippen molar-refractivity contribution in [3.05, 3.63) is 29.2 Å². The Balaban J connectivity index is 3.06. The lowest BCUT2D eigenvalue weighted by molar-refractivity contribution is 0.484. The summed E-state index contributed by atoms with van der Waals surface area (Å²) in [6.07, 6.45) is 1.08. The van der Waals surface area contributed by atoms with Gasteiger partial charge in [0, 0.05) is 12.1 Å². The molecule has 0 fully saturated rings. The number of hydrogen-bond donors (Lipinski definition) is 0. The standard InChI is InChI=1S/C9H13O/c1-4-9-5-7(2)10-8(3)6-9/h5-6H,4H2,1-3H3/q+1. The Morgan fingerprint density at radius 1 is 1.20 bits per heavy atom. The largest absolute Gasteiger partial charge is 0.326 e. The first-order valence-electron chi connectivity index (χ1n) is 3.62. The molecule has 1 nitrogen and oxygen atoms in total. The van der Waals surface area contributed by atoms with Gasteiger partial charge in [0.25, 0.3) is 0 Å². The highest BCUT2D eigenvalue weighted by atomic mass is 16.3. The maximum atomic E-state index is 5.32. The molecular weight excluding hydrogens is 124 g/mol. The zero-order valence-corrected chi connectivity index (χ0v) is 6.77. The molecule has 10 heavy (non-hydrogen) atoms. The van der Waals surface area contributed by atoms with E-state index in [9.17, 15) is 0 Å². The molecule has 0 aliphatic heterocycles. The fourth-order valence-electron chi connectivity index (χ4n) is 1.08. The van der Waals surface area contributed by atoms with E-state index in [4.69, 9.17) is 4.42 Å². The first kappa shape index (κ1) is 7.26. The lowest BCUT2D eigenvalue weighted by atomic mass is 10.2. The monoisotopic (exact) mass is 137 g/mol. The molecule has 0 N–H and O–H groups in total. The first-order valence-corrected chi connectivity index (χ1v) is 3.62. The van der Waals surface area contributed by atoms with Crippen LogP contribution in [0.2, 0.25) is 0 Å². The van der Waals surface area contributed by atoms with Crippen molar-refractivity contribution in [2.24, 2.45) is 0 Å². The van der Waals surface area contributed by atoms with Crippen molar-refractivity contribution < 1.29 is 4.42 Å².